The molecule has 1 N–H and O–H groups in total. The first-order chi connectivity index (χ1) is 11.4. The highest BCUT2D eigenvalue weighted by Gasteiger charge is 2.51. The van der Waals surface area contributed by atoms with E-state index in [0.29, 0.717) is 12.0 Å². The van der Waals surface area contributed by atoms with Crippen molar-refractivity contribution < 1.29 is 23.6 Å². The van der Waals surface area contributed by atoms with Crippen molar-refractivity contribution in [3.8, 4) is 0 Å². The monoisotopic (exact) mass is 352 g/mol. The van der Waals surface area contributed by atoms with Gasteiger partial charge in [0.25, 0.3) is 0 Å². The van der Waals surface area contributed by atoms with Gasteiger partial charge in [0.1, 0.15) is 5.82 Å². The topological polar surface area (TPSA) is 62.2 Å². The van der Waals surface area contributed by atoms with Crippen LogP contribution >= 0.6 is 0 Å². The maximum atomic E-state index is 14.1. The summed E-state index contributed by atoms with van der Waals surface area (Å²) in [4.78, 5) is 14.6. The SMILES string of the molecule is CN(C)CCN(C(=O)O)c1cc(F)cc(B2OC(C)(C)C(C)(C)O2)c1. The van der Waals surface area contributed by atoms with Gasteiger partial charge >= 0.3 is 13.2 Å². The molecule has 0 unspecified atom stereocenters. The molecule has 0 atom stereocenters. The lowest BCUT2D eigenvalue weighted by atomic mass is 9.79. The molecule has 1 aliphatic heterocycles. The molecule has 0 aromatic heterocycles. The lowest BCUT2D eigenvalue weighted by Gasteiger charge is -2.32. The van der Waals surface area contributed by atoms with Crippen LogP contribution in [0, 0.1) is 5.82 Å². The first kappa shape index (κ1) is 19.7. The second-order valence-electron chi connectivity index (χ2n) is 7.57. The highest BCUT2D eigenvalue weighted by atomic mass is 19.1. The van der Waals surface area contributed by atoms with E-state index < -0.39 is 30.2 Å². The average Bonchev–Trinajstić information content (AvgIpc) is 2.66. The molecule has 1 heterocycles. The van der Waals surface area contributed by atoms with E-state index in [2.05, 4.69) is 0 Å². The first-order valence-corrected chi connectivity index (χ1v) is 8.24. The number of anilines is 1. The van der Waals surface area contributed by atoms with Gasteiger partial charge in [0.05, 0.1) is 11.2 Å². The van der Waals surface area contributed by atoms with Gasteiger partial charge in [-0.3, -0.25) is 4.90 Å². The van der Waals surface area contributed by atoms with Crippen molar-refractivity contribution in [3.63, 3.8) is 0 Å². The maximum absolute atomic E-state index is 14.1. The summed E-state index contributed by atoms with van der Waals surface area (Å²) in [5.74, 6) is -0.529. The summed E-state index contributed by atoms with van der Waals surface area (Å²) >= 11 is 0. The summed E-state index contributed by atoms with van der Waals surface area (Å²) in [6, 6.07) is 4.13. The minimum Gasteiger partial charge on any atom is -0.465 e. The molecule has 0 spiro atoms. The molecule has 0 aliphatic carbocycles. The zero-order chi connectivity index (χ0) is 19.0. The normalized spacial score (nSPS) is 18.6. The molecule has 2 rings (SSSR count). The lowest BCUT2D eigenvalue weighted by Crippen LogP contribution is -2.41. The van der Waals surface area contributed by atoms with Gasteiger partial charge in [-0.25, -0.2) is 9.18 Å². The third-order valence-electron chi connectivity index (χ3n) is 4.74. The van der Waals surface area contributed by atoms with Crippen LogP contribution in [-0.4, -0.2) is 61.6 Å². The van der Waals surface area contributed by atoms with Gasteiger partial charge in [-0.15, -0.1) is 0 Å². The molecule has 138 valence electrons. The van der Waals surface area contributed by atoms with Crippen molar-refractivity contribution in [1.29, 1.82) is 0 Å². The van der Waals surface area contributed by atoms with E-state index in [1.165, 1.54) is 12.1 Å². The molecule has 25 heavy (non-hydrogen) atoms. The second-order valence-corrected chi connectivity index (χ2v) is 7.57. The van der Waals surface area contributed by atoms with Gasteiger partial charge in [-0.1, -0.05) is 0 Å². The number of benzene rings is 1. The number of hydrogen-bond acceptors (Lipinski definition) is 4. The van der Waals surface area contributed by atoms with E-state index in [1.807, 2.05) is 46.7 Å². The molecule has 0 bridgehead atoms. The van der Waals surface area contributed by atoms with Crippen LogP contribution in [-0.2, 0) is 9.31 Å². The van der Waals surface area contributed by atoms with Crippen LogP contribution in [0.4, 0.5) is 14.9 Å². The standard InChI is InChI=1S/C17H26BFN2O4/c1-16(2)17(3,4)25-18(24-16)12-9-13(19)11-14(10-12)21(15(22)23)8-7-20(5)6/h9-11H,7-8H2,1-6H3,(H,22,23). The van der Waals surface area contributed by atoms with E-state index in [0.717, 1.165) is 4.90 Å². The van der Waals surface area contributed by atoms with Crippen LogP contribution in [0.3, 0.4) is 0 Å². The maximum Gasteiger partial charge on any atom is 0.495 e. The number of nitrogens with zero attached hydrogens (tertiary/aromatic N) is 2. The Balaban J connectivity index is 2.32. The van der Waals surface area contributed by atoms with Crippen LogP contribution in [0.15, 0.2) is 18.2 Å². The van der Waals surface area contributed by atoms with Gasteiger partial charge in [0, 0.05) is 18.8 Å². The minimum absolute atomic E-state index is 0.231. The summed E-state index contributed by atoms with van der Waals surface area (Å²) in [5.41, 5.74) is -0.382. The Kier molecular flexibility index (Phi) is 5.46. The summed E-state index contributed by atoms with van der Waals surface area (Å²) in [6.07, 6.45) is -1.13. The van der Waals surface area contributed by atoms with Crippen molar-refractivity contribution in [3.05, 3.63) is 24.0 Å². The molecule has 0 radical (unpaired) electrons. The van der Waals surface area contributed by atoms with Gasteiger partial charge < -0.3 is 19.3 Å². The molecule has 0 saturated carbocycles. The smallest absolute Gasteiger partial charge is 0.465 e. The molecule has 6 nitrogen and oxygen atoms in total. The van der Waals surface area contributed by atoms with Gasteiger partial charge in [0.15, 0.2) is 0 Å². The molecule has 1 aromatic rings. The van der Waals surface area contributed by atoms with Crippen molar-refractivity contribution in [1.82, 2.24) is 4.90 Å². The van der Waals surface area contributed by atoms with Crippen molar-refractivity contribution in [2.75, 3.05) is 32.1 Å². The van der Waals surface area contributed by atoms with Gasteiger partial charge in [0.2, 0.25) is 0 Å². The zero-order valence-electron chi connectivity index (χ0n) is 15.7. The molecular weight excluding hydrogens is 326 g/mol. The van der Waals surface area contributed by atoms with Crippen LogP contribution in [0.2, 0.25) is 0 Å². The number of hydrogen-bond donors (Lipinski definition) is 1. The van der Waals surface area contributed by atoms with Crippen LogP contribution in [0.1, 0.15) is 27.7 Å². The van der Waals surface area contributed by atoms with Crippen LogP contribution in [0.25, 0.3) is 0 Å². The van der Waals surface area contributed by atoms with E-state index in [4.69, 9.17) is 9.31 Å². The van der Waals surface area contributed by atoms with Crippen LogP contribution < -0.4 is 10.4 Å². The number of carbonyl (C=O) groups is 1. The number of likely N-dealkylation sites (N-methyl/N-ethyl adjacent to an activating group) is 1. The Morgan fingerprint density at radius 3 is 2.16 bits per heavy atom. The molecule has 1 fully saturated rings. The number of rotatable bonds is 5. The average molecular weight is 352 g/mol. The van der Waals surface area contributed by atoms with Gasteiger partial charge in [-0.05, 0) is 65.5 Å². The van der Waals surface area contributed by atoms with Crippen molar-refractivity contribution >= 4 is 24.4 Å². The van der Waals surface area contributed by atoms with Crippen LogP contribution in [0.5, 0.6) is 0 Å². The lowest BCUT2D eigenvalue weighted by molar-refractivity contribution is 0.00578. The van der Waals surface area contributed by atoms with E-state index in [-0.39, 0.29) is 12.2 Å². The first-order valence-electron chi connectivity index (χ1n) is 8.24. The number of amides is 1. The van der Waals surface area contributed by atoms with Gasteiger partial charge in [-0.2, -0.15) is 0 Å². The Morgan fingerprint density at radius 1 is 1.12 bits per heavy atom. The summed E-state index contributed by atoms with van der Waals surface area (Å²) < 4.78 is 26.0. The predicted octanol–water partition coefficient (Wildman–Crippen LogP) is 2.17. The zero-order valence-corrected chi connectivity index (χ0v) is 15.7. The second kappa shape index (κ2) is 6.94. The molecule has 1 amide bonds. The Morgan fingerprint density at radius 2 is 1.68 bits per heavy atom. The fourth-order valence-electron chi connectivity index (χ4n) is 2.50. The Labute approximate surface area is 148 Å². The quantitative estimate of drug-likeness (QED) is 0.823. The summed E-state index contributed by atoms with van der Waals surface area (Å²) in [5, 5.41) is 9.48. The molecule has 1 aromatic carbocycles. The summed E-state index contributed by atoms with van der Waals surface area (Å²) in [6.45, 7) is 8.40. The summed E-state index contributed by atoms with van der Waals surface area (Å²) in [7, 11) is 2.95. The minimum atomic E-state index is -1.13. The number of carboxylic acid groups (broad SMARTS) is 1. The third-order valence-corrected chi connectivity index (χ3v) is 4.74. The molecule has 8 heteroatoms. The van der Waals surface area contributed by atoms with Crippen molar-refractivity contribution in [2.24, 2.45) is 0 Å². The van der Waals surface area contributed by atoms with E-state index >= 15 is 0 Å². The van der Waals surface area contributed by atoms with Crippen molar-refractivity contribution in [2.45, 2.75) is 38.9 Å². The molecule has 1 aliphatic rings. The molecule has 1 saturated heterocycles. The van der Waals surface area contributed by atoms with E-state index in [9.17, 15) is 14.3 Å². The Bertz CT molecular complexity index is 636. The fourth-order valence-corrected chi connectivity index (χ4v) is 2.50. The Hall–Kier alpha value is -1.64. The molecular formula is C17H26BFN2O4. The fraction of sp³-hybridized carbons (Fsp3) is 0.588. The van der Waals surface area contributed by atoms with E-state index in [1.54, 1.807) is 6.07 Å². The highest BCUT2D eigenvalue weighted by Crippen LogP contribution is 2.36. The number of halogens is 1. The highest BCUT2D eigenvalue weighted by molar-refractivity contribution is 6.62. The largest absolute Gasteiger partial charge is 0.495 e. The third kappa shape index (κ3) is 4.31. The predicted molar refractivity (Wildman–Crippen MR) is 96.0 cm³/mol.